The summed E-state index contributed by atoms with van der Waals surface area (Å²) >= 11 is 0. The van der Waals surface area contributed by atoms with Gasteiger partial charge in [-0.2, -0.15) is 0 Å². The van der Waals surface area contributed by atoms with Crippen LogP contribution in [0.15, 0.2) is 36.9 Å². The molecular formula is C13H20O3Si. The molecule has 0 radical (unpaired) electrons. The molecule has 0 aliphatic carbocycles. The van der Waals surface area contributed by atoms with Gasteiger partial charge in [0.05, 0.1) is 6.61 Å². The molecule has 1 aromatic rings. The fourth-order valence-corrected chi connectivity index (χ4v) is 3.12. The Labute approximate surface area is 104 Å². The maximum Gasteiger partial charge on any atom is 0.500 e. The molecule has 0 bridgehead atoms. The van der Waals surface area contributed by atoms with E-state index in [0.29, 0.717) is 6.61 Å². The standard InChI is InChI=1S/C13H20O3Si/c1-5-17(14-3,15-4)16-11-12(2)13-9-7-6-8-10-13/h6-10H,2,5,11H2,1,3-4H3. The molecule has 94 valence electrons. The van der Waals surface area contributed by atoms with Crippen molar-refractivity contribution in [3.05, 3.63) is 42.5 Å². The molecule has 0 atom stereocenters. The highest BCUT2D eigenvalue weighted by atomic mass is 28.4. The second-order valence-corrected chi connectivity index (χ2v) is 6.88. The van der Waals surface area contributed by atoms with Gasteiger partial charge in [-0.1, -0.05) is 43.8 Å². The van der Waals surface area contributed by atoms with Crippen LogP contribution in [0.4, 0.5) is 0 Å². The van der Waals surface area contributed by atoms with E-state index in [-0.39, 0.29) is 0 Å². The van der Waals surface area contributed by atoms with Crippen LogP contribution < -0.4 is 0 Å². The quantitative estimate of drug-likeness (QED) is 0.698. The van der Waals surface area contributed by atoms with Gasteiger partial charge >= 0.3 is 8.80 Å². The van der Waals surface area contributed by atoms with Crippen LogP contribution in [0.5, 0.6) is 0 Å². The SMILES string of the molecule is C=C(CO[Si](CC)(OC)OC)c1ccccc1. The third kappa shape index (κ3) is 3.78. The molecule has 0 aromatic heterocycles. The first kappa shape index (κ1) is 14.1. The van der Waals surface area contributed by atoms with Crippen LogP contribution in [0, 0.1) is 0 Å². The lowest BCUT2D eigenvalue weighted by Crippen LogP contribution is -2.43. The molecule has 0 N–H and O–H groups in total. The summed E-state index contributed by atoms with van der Waals surface area (Å²) in [5.41, 5.74) is 2.02. The van der Waals surface area contributed by atoms with Crippen LogP contribution in [0.2, 0.25) is 6.04 Å². The van der Waals surface area contributed by atoms with Gasteiger partial charge in [0, 0.05) is 20.3 Å². The first-order valence-corrected chi connectivity index (χ1v) is 7.58. The predicted octanol–water partition coefficient (Wildman–Crippen LogP) is 2.97. The molecule has 0 saturated carbocycles. The van der Waals surface area contributed by atoms with Crippen molar-refractivity contribution in [1.29, 1.82) is 0 Å². The smallest absolute Gasteiger partial charge is 0.377 e. The van der Waals surface area contributed by atoms with Gasteiger partial charge in [0.1, 0.15) is 0 Å². The molecule has 0 aliphatic heterocycles. The van der Waals surface area contributed by atoms with Crippen molar-refractivity contribution < 1.29 is 13.3 Å². The van der Waals surface area contributed by atoms with Crippen molar-refractivity contribution in [2.45, 2.75) is 13.0 Å². The molecule has 4 heteroatoms. The summed E-state index contributed by atoms with van der Waals surface area (Å²) in [6.07, 6.45) is 0. The van der Waals surface area contributed by atoms with Crippen LogP contribution in [-0.2, 0) is 13.3 Å². The molecule has 17 heavy (non-hydrogen) atoms. The van der Waals surface area contributed by atoms with Gasteiger partial charge in [-0.05, 0) is 11.1 Å². The van der Waals surface area contributed by atoms with Gasteiger partial charge in [-0.25, -0.2) is 0 Å². The van der Waals surface area contributed by atoms with E-state index in [1.807, 2.05) is 37.3 Å². The average molecular weight is 252 g/mol. The third-order valence-electron chi connectivity index (χ3n) is 2.70. The zero-order valence-corrected chi connectivity index (χ0v) is 11.7. The summed E-state index contributed by atoms with van der Waals surface area (Å²) in [6, 6.07) is 10.7. The molecule has 0 heterocycles. The molecule has 0 spiro atoms. The van der Waals surface area contributed by atoms with E-state index in [4.69, 9.17) is 13.3 Å². The maximum absolute atomic E-state index is 5.79. The molecule has 0 unspecified atom stereocenters. The van der Waals surface area contributed by atoms with Gasteiger partial charge < -0.3 is 13.3 Å². The van der Waals surface area contributed by atoms with Gasteiger partial charge in [0.2, 0.25) is 0 Å². The van der Waals surface area contributed by atoms with Crippen molar-refractivity contribution in [3.63, 3.8) is 0 Å². The molecule has 1 rings (SSSR count). The molecule has 0 amide bonds. The van der Waals surface area contributed by atoms with Gasteiger partial charge in [0.15, 0.2) is 0 Å². The van der Waals surface area contributed by atoms with E-state index in [2.05, 4.69) is 6.58 Å². The number of benzene rings is 1. The van der Waals surface area contributed by atoms with Crippen LogP contribution >= 0.6 is 0 Å². The number of hydrogen-bond acceptors (Lipinski definition) is 3. The van der Waals surface area contributed by atoms with Crippen molar-refractivity contribution >= 4 is 14.4 Å². The lowest BCUT2D eigenvalue weighted by Gasteiger charge is -2.25. The topological polar surface area (TPSA) is 27.7 Å². The minimum atomic E-state index is -2.47. The Bertz CT molecular complexity index is 339. The molecule has 3 nitrogen and oxygen atoms in total. The van der Waals surface area contributed by atoms with Gasteiger partial charge in [-0.3, -0.25) is 0 Å². The average Bonchev–Trinajstić information content (AvgIpc) is 2.41. The Hall–Kier alpha value is -0.943. The first-order valence-electron chi connectivity index (χ1n) is 5.65. The Morgan fingerprint density at radius 3 is 2.24 bits per heavy atom. The van der Waals surface area contributed by atoms with Crippen LogP contribution in [0.25, 0.3) is 5.57 Å². The first-order chi connectivity index (χ1) is 8.17. The minimum absolute atomic E-state index is 0.436. The second kappa shape index (κ2) is 6.71. The largest absolute Gasteiger partial charge is 0.500 e. The zero-order chi connectivity index (χ0) is 12.7. The summed E-state index contributed by atoms with van der Waals surface area (Å²) in [4.78, 5) is 0. The summed E-state index contributed by atoms with van der Waals surface area (Å²) in [6.45, 7) is 6.46. The van der Waals surface area contributed by atoms with Gasteiger partial charge in [-0.15, -0.1) is 0 Å². The number of rotatable bonds is 7. The van der Waals surface area contributed by atoms with E-state index >= 15 is 0 Å². The second-order valence-electron chi connectivity index (χ2n) is 3.70. The Balaban J connectivity index is 2.59. The maximum atomic E-state index is 5.79. The Morgan fingerprint density at radius 2 is 1.76 bits per heavy atom. The van der Waals surface area contributed by atoms with E-state index < -0.39 is 8.80 Å². The normalized spacial score (nSPS) is 11.5. The van der Waals surface area contributed by atoms with Crippen molar-refractivity contribution in [2.75, 3.05) is 20.8 Å². The predicted molar refractivity (Wildman–Crippen MR) is 71.7 cm³/mol. The minimum Gasteiger partial charge on any atom is -0.377 e. The molecular weight excluding hydrogens is 232 g/mol. The lowest BCUT2D eigenvalue weighted by molar-refractivity contribution is 0.113. The molecule has 0 saturated heterocycles. The molecule has 0 aliphatic rings. The zero-order valence-electron chi connectivity index (χ0n) is 10.7. The van der Waals surface area contributed by atoms with Crippen molar-refractivity contribution in [2.24, 2.45) is 0 Å². The monoisotopic (exact) mass is 252 g/mol. The Morgan fingerprint density at radius 1 is 1.18 bits per heavy atom. The van der Waals surface area contributed by atoms with E-state index in [9.17, 15) is 0 Å². The molecule has 0 fully saturated rings. The van der Waals surface area contributed by atoms with Crippen LogP contribution in [0.1, 0.15) is 12.5 Å². The van der Waals surface area contributed by atoms with E-state index in [0.717, 1.165) is 17.2 Å². The highest BCUT2D eigenvalue weighted by molar-refractivity contribution is 6.60. The van der Waals surface area contributed by atoms with E-state index in [1.54, 1.807) is 14.2 Å². The summed E-state index contributed by atoms with van der Waals surface area (Å²) in [5.74, 6) is 0. The number of hydrogen-bond donors (Lipinski definition) is 0. The highest BCUT2D eigenvalue weighted by Gasteiger charge is 2.36. The fraction of sp³-hybridized carbons (Fsp3) is 0.385. The highest BCUT2D eigenvalue weighted by Crippen LogP contribution is 2.18. The fourth-order valence-electron chi connectivity index (χ4n) is 1.55. The molecule has 1 aromatic carbocycles. The lowest BCUT2D eigenvalue weighted by atomic mass is 10.1. The van der Waals surface area contributed by atoms with E-state index in [1.165, 1.54) is 0 Å². The van der Waals surface area contributed by atoms with Crippen molar-refractivity contribution in [1.82, 2.24) is 0 Å². The summed E-state index contributed by atoms with van der Waals surface area (Å²) < 4.78 is 16.5. The van der Waals surface area contributed by atoms with Crippen molar-refractivity contribution in [3.8, 4) is 0 Å². The third-order valence-corrected chi connectivity index (χ3v) is 5.40. The summed E-state index contributed by atoms with van der Waals surface area (Å²) in [7, 11) is 0.785. The van der Waals surface area contributed by atoms with Gasteiger partial charge in [0.25, 0.3) is 0 Å². The summed E-state index contributed by atoms with van der Waals surface area (Å²) in [5, 5.41) is 0. The van der Waals surface area contributed by atoms with Crippen LogP contribution in [-0.4, -0.2) is 29.6 Å². The van der Waals surface area contributed by atoms with Crippen LogP contribution in [0.3, 0.4) is 0 Å². The Kier molecular flexibility index (Phi) is 5.57.